The van der Waals surface area contributed by atoms with Crippen molar-refractivity contribution in [3.8, 4) is 5.75 Å². The highest BCUT2D eigenvalue weighted by Crippen LogP contribution is 2.13. The van der Waals surface area contributed by atoms with Crippen LogP contribution in [0.25, 0.3) is 0 Å². The van der Waals surface area contributed by atoms with Gasteiger partial charge in [-0.25, -0.2) is 0 Å². The number of ether oxygens (including phenoxy) is 1. The minimum Gasteiger partial charge on any atom is -0.497 e. The van der Waals surface area contributed by atoms with Crippen LogP contribution in [0.4, 0.5) is 0 Å². The Balaban J connectivity index is 2.57. The lowest BCUT2D eigenvalue weighted by molar-refractivity contribution is 0.0341. The first kappa shape index (κ1) is 12.3. The van der Waals surface area contributed by atoms with Crippen LogP contribution in [0.5, 0.6) is 5.75 Å². The van der Waals surface area contributed by atoms with Gasteiger partial charge in [-0.15, -0.1) is 11.6 Å². The molecule has 0 amide bonds. The minimum atomic E-state index is -0.881. The molecule has 1 rings (SSSR count). The Morgan fingerprint density at radius 1 is 1.20 bits per heavy atom. The second-order valence-electron chi connectivity index (χ2n) is 3.34. The van der Waals surface area contributed by atoms with E-state index >= 15 is 0 Å². The smallest absolute Gasteiger partial charge is 0.118 e. The van der Waals surface area contributed by atoms with Crippen molar-refractivity contribution in [1.82, 2.24) is 0 Å². The van der Waals surface area contributed by atoms with E-state index in [2.05, 4.69) is 0 Å². The number of benzene rings is 1. The number of rotatable bonds is 5. The zero-order valence-corrected chi connectivity index (χ0v) is 9.31. The van der Waals surface area contributed by atoms with Crippen LogP contribution in [0.2, 0.25) is 0 Å². The molecule has 0 fully saturated rings. The van der Waals surface area contributed by atoms with Crippen LogP contribution in [-0.4, -0.2) is 35.4 Å². The lowest BCUT2D eigenvalue weighted by atomic mass is 10.0. The van der Waals surface area contributed by atoms with E-state index in [-0.39, 0.29) is 5.88 Å². The monoisotopic (exact) mass is 230 g/mol. The van der Waals surface area contributed by atoms with Gasteiger partial charge in [-0.3, -0.25) is 0 Å². The zero-order chi connectivity index (χ0) is 11.3. The number of aliphatic hydroxyl groups excluding tert-OH is 2. The average Bonchev–Trinajstić information content (AvgIpc) is 2.29. The summed E-state index contributed by atoms with van der Waals surface area (Å²) >= 11 is 5.43. The number of hydrogen-bond donors (Lipinski definition) is 2. The Morgan fingerprint density at radius 2 is 1.80 bits per heavy atom. The molecule has 1 unspecified atom stereocenters. The summed E-state index contributed by atoms with van der Waals surface area (Å²) in [5.74, 6) is 0.809. The molecule has 0 aromatic heterocycles. The molecule has 0 radical (unpaired) electrons. The lowest BCUT2D eigenvalue weighted by Gasteiger charge is -2.15. The van der Waals surface area contributed by atoms with E-state index in [0.717, 1.165) is 11.3 Å². The maximum atomic E-state index is 9.53. The van der Waals surface area contributed by atoms with Gasteiger partial charge in [-0.2, -0.15) is 0 Å². The van der Waals surface area contributed by atoms with E-state index < -0.39 is 12.2 Å². The Bertz CT molecular complexity index is 286. The predicted molar refractivity (Wildman–Crippen MR) is 59.4 cm³/mol. The van der Waals surface area contributed by atoms with E-state index in [1.165, 1.54) is 0 Å². The Hall–Kier alpha value is -0.770. The molecule has 1 aromatic carbocycles. The van der Waals surface area contributed by atoms with Crippen LogP contribution in [0.1, 0.15) is 5.56 Å². The van der Waals surface area contributed by atoms with Gasteiger partial charge in [0.15, 0.2) is 0 Å². The normalized spacial score (nSPS) is 14.7. The molecule has 0 saturated carbocycles. The van der Waals surface area contributed by atoms with Crippen LogP contribution < -0.4 is 4.74 Å². The molecule has 84 valence electrons. The molecule has 1 aromatic rings. The highest BCUT2D eigenvalue weighted by molar-refractivity contribution is 6.18. The summed E-state index contributed by atoms with van der Waals surface area (Å²) in [4.78, 5) is 0. The largest absolute Gasteiger partial charge is 0.497 e. The quantitative estimate of drug-likeness (QED) is 0.748. The summed E-state index contributed by atoms with van der Waals surface area (Å²) in [6.45, 7) is 0. The Labute approximate surface area is 94.3 Å². The Kier molecular flexibility index (Phi) is 4.88. The number of halogens is 1. The standard InChI is InChI=1S/C11H15ClO3/c1-15-9-4-2-8(3-5-9)6-10(13)11(14)7-12/h2-5,10-11,13-14H,6-7H2,1H3/t10-,11?/m0/s1. The molecule has 0 spiro atoms. The van der Waals surface area contributed by atoms with Gasteiger partial charge in [0, 0.05) is 6.42 Å². The molecule has 2 N–H and O–H groups in total. The summed E-state index contributed by atoms with van der Waals surface area (Å²) in [5, 5.41) is 18.8. The van der Waals surface area contributed by atoms with Gasteiger partial charge < -0.3 is 14.9 Å². The number of hydrogen-bond acceptors (Lipinski definition) is 3. The molecule has 3 nitrogen and oxygen atoms in total. The van der Waals surface area contributed by atoms with Gasteiger partial charge in [0.05, 0.1) is 25.2 Å². The van der Waals surface area contributed by atoms with E-state index in [9.17, 15) is 10.2 Å². The first-order chi connectivity index (χ1) is 7.17. The SMILES string of the molecule is COc1ccc(C[C@H](O)C(O)CCl)cc1. The fourth-order valence-corrected chi connectivity index (χ4v) is 1.45. The molecule has 0 aliphatic heterocycles. The molecular weight excluding hydrogens is 216 g/mol. The van der Waals surface area contributed by atoms with E-state index in [4.69, 9.17) is 16.3 Å². The summed E-state index contributed by atoms with van der Waals surface area (Å²) in [6, 6.07) is 7.33. The van der Waals surface area contributed by atoms with E-state index in [0.29, 0.717) is 6.42 Å². The van der Waals surface area contributed by atoms with Crippen molar-refractivity contribution in [2.75, 3.05) is 13.0 Å². The Morgan fingerprint density at radius 3 is 2.27 bits per heavy atom. The molecule has 0 aliphatic carbocycles. The first-order valence-corrected chi connectivity index (χ1v) is 5.26. The van der Waals surface area contributed by atoms with Crippen molar-refractivity contribution < 1.29 is 14.9 Å². The molecule has 0 bridgehead atoms. The molecular formula is C11H15ClO3. The molecule has 4 heteroatoms. The van der Waals surface area contributed by atoms with Crippen LogP contribution in [0.15, 0.2) is 24.3 Å². The third-order valence-electron chi connectivity index (χ3n) is 2.21. The van der Waals surface area contributed by atoms with Crippen LogP contribution in [0.3, 0.4) is 0 Å². The van der Waals surface area contributed by atoms with Crippen LogP contribution in [-0.2, 0) is 6.42 Å². The second kappa shape index (κ2) is 5.95. The molecule has 15 heavy (non-hydrogen) atoms. The third-order valence-corrected chi connectivity index (χ3v) is 2.52. The maximum absolute atomic E-state index is 9.53. The minimum absolute atomic E-state index is 0.0390. The van der Waals surface area contributed by atoms with Crippen LogP contribution in [0, 0.1) is 0 Å². The fraction of sp³-hybridized carbons (Fsp3) is 0.455. The van der Waals surface area contributed by atoms with E-state index in [1.54, 1.807) is 7.11 Å². The van der Waals surface area contributed by atoms with Crippen molar-refractivity contribution >= 4 is 11.6 Å². The second-order valence-corrected chi connectivity index (χ2v) is 3.65. The molecule has 2 atom stereocenters. The van der Waals surface area contributed by atoms with E-state index in [1.807, 2.05) is 24.3 Å². The predicted octanol–water partition coefficient (Wildman–Crippen LogP) is 1.20. The first-order valence-electron chi connectivity index (χ1n) is 4.72. The van der Waals surface area contributed by atoms with Gasteiger partial charge in [-0.1, -0.05) is 12.1 Å². The maximum Gasteiger partial charge on any atom is 0.118 e. The van der Waals surface area contributed by atoms with Crippen molar-refractivity contribution in [2.24, 2.45) is 0 Å². The van der Waals surface area contributed by atoms with Crippen molar-refractivity contribution in [3.63, 3.8) is 0 Å². The average molecular weight is 231 g/mol. The lowest BCUT2D eigenvalue weighted by Crippen LogP contribution is -2.29. The number of alkyl halides is 1. The zero-order valence-electron chi connectivity index (χ0n) is 8.56. The highest BCUT2D eigenvalue weighted by Gasteiger charge is 2.15. The van der Waals surface area contributed by atoms with Crippen molar-refractivity contribution in [1.29, 1.82) is 0 Å². The summed E-state index contributed by atoms with van der Waals surface area (Å²) in [7, 11) is 1.60. The van der Waals surface area contributed by atoms with Gasteiger partial charge in [-0.05, 0) is 17.7 Å². The van der Waals surface area contributed by atoms with Gasteiger partial charge in [0.2, 0.25) is 0 Å². The topological polar surface area (TPSA) is 49.7 Å². The molecule has 0 heterocycles. The number of methoxy groups -OCH3 is 1. The summed E-state index contributed by atoms with van der Waals surface area (Å²) in [6.07, 6.45) is -1.32. The third kappa shape index (κ3) is 3.70. The summed E-state index contributed by atoms with van der Waals surface area (Å²) < 4.78 is 5.01. The number of aliphatic hydroxyl groups is 2. The summed E-state index contributed by atoms with van der Waals surface area (Å²) in [5.41, 5.74) is 0.937. The van der Waals surface area contributed by atoms with Crippen molar-refractivity contribution in [2.45, 2.75) is 18.6 Å². The molecule has 0 saturated heterocycles. The molecule has 0 aliphatic rings. The van der Waals surface area contributed by atoms with Gasteiger partial charge in [0.1, 0.15) is 5.75 Å². The fourth-order valence-electron chi connectivity index (χ4n) is 1.24. The van der Waals surface area contributed by atoms with Gasteiger partial charge in [0.25, 0.3) is 0 Å². The van der Waals surface area contributed by atoms with Gasteiger partial charge >= 0.3 is 0 Å². The highest BCUT2D eigenvalue weighted by atomic mass is 35.5. The van der Waals surface area contributed by atoms with Crippen LogP contribution >= 0.6 is 11.6 Å². The van der Waals surface area contributed by atoms with Crippen molar-refractivity contribution in [3.05, 3.63) is 29.8 Å².